The van der Waals surface area contributed by atoms with Gasteiger partial charge in [0.05, 0.1) is 12.1 Å². The minimum Gasteiger partial charge on any atom is -0.494 e. The third kappa shape index (κ3) is 3.42. The van der Waals surface area contributed by atoms with Gasteiger partial charge in [-0.3, -0.25) is 9.36 Å². The van der Waals surface area contributed by atoms with Crippen LogP contribution in [0.1, 0.15) is 60.1 Å². The van der Waals surface area contributed by atoms with Gasteiger partial charge in [0.1, 0.15) is 5.69 Å². The Morgan fingerprint density at radius 2 is 1.79 bits per heavy atom. The van der Waals surface area contributed by atoms with E-state index in [1.807, 2.05) is 24.3 Å². The highest BCUT2D eigenvalue weighted by Gasteiger charge is 2.23. The molecule has 1 amide bonds. The van der Waals surface area contributed by atoms with Crippen LogP contribution in [0.4, 0.5) is 0 Å². The van der Waals surface area contributed by atoms with Gasteiger partial charge < -0.3 is 15.9 Å². The second-order valence-electron chi connectivity index (χ2n) is 7.91. The Labute approximate surface area is 163 Å². The van der Waals surface area contributed by atoms with Crippen molar-refractivity contribution in [2.45, 2.75) is 45.1 Å². The molecule has 1 saturated carbocycles. The van der Waals surface area contributed by atoms with E-state index in [1.165, 1.54) is 29.5 Å². The fraction of sp³-hybridized carbons (Fsp3) is 0.364. The first-order chi connectivity index (χ1) is 13.4. The van der Waals surface area contributed by atoms with Crippen molar-refractivity contribution in [1.29, 1.82) is 0 Å². The van der Waals surface area contributed by atoms with E-state index in [0.29, 0.717) is 18.0 Å². The molecule has 2 aromatic heterocycles. The molecule has 0 atom stereocenters. The molecule has 0 bridgehead atoms. The zero-order chi connectivity index (χ0) is 19.8. The number of rotatable bonds is 4. The molecule has 1 aromatic carbocycles. The van der Waals surface area contributed by atoms with Gasteiger partial charge in [-0.05, 0) is 47.9 Å². The smallest absolute Gasteiger partial charge is 0.267 e. The second kappa shape index (κ2) is 7.19. The molecule has 1 aliphatic rings. The lowest BCUT2D eigenvalue weighted by atomic mass is 9.78. The highest BCUT2D eigenvalue weighted by Crippen LogP contribution is 2.38. The number of pyridine rings is 1. The largest absolute Gasteiger partial charge is 0.494 e. The summed E-state index contributed by atoms with van der Waals surface area (Å²) in [5.41, 5.74) is 8.55. The van der Waals surface area contributed by atoms with Crippen LogP contribution in [0.3, 0.4) is 0 Å². The van der Waals surface area contributed by atoms with Crippen LogP contribution in [0.5, 0.6) is 11.8 Å². The molecule has 6 heteroatoms. The zero-order valence-corrected chi connectivity index (χ0v) is 15.9. The number of aromatic hydroxyl groups is 2. The van der Waals surface area contributed by atoms with Crippen LogP contribution in [-0.4, -0.2) is 25.7 Å². The Morgan fingerprint density at radius 3 is 2.43 bits per heavy atom. The van der Waals surface area contributed by atoms with Crippen molar-refractivity contribution < 1.29 is 15.0 Å². The van der Waals surface area contributed by atoms with Gasteiger partial charge in [-0.25, -0.2) is 4.98 Å². The number of hydrogen-bond donors (Lipinski definition) is 3. The van der Waals surface area contributed by atoms with Crippen LogP contribution < -0.4 is 5.73 Å². The van der Waals surface area contributed by atoms with Crippen molar-refractivity contribution in [2.75, 3.05) is 0 Å². The van der Waals surface area contributed by atoms with Gasteiger partial charge in [-0.2, -0.15) is 0 Å². The molecule has 4 N–H and O–H groups in total. The molecule has 28 heavy (non-hydrogen) atoms. The molecule has 6 nitrogen and oxygen atoms in total. The third-order valence-electron chi connectivity index (χ3n) is 5.89. The summed E-state index contributed by atoms with van der Waals surface area (Å²) in [4.78, 5) is 16.3. The van der Waals surface area contributed by atoms with E-state index in [-0.39, 0.29) is 17.5 Å². The molecule has 1 aliphatic carbocycles. The predicted octanol–water partition coefficient (Wildman–Crippen LogP) is 3.89. The highest BCUT2D eigenvalue weighted by atomic mass is 16.3. The zero-order valence-electron chi connectivity index (χ0n) is 15.9. The molecule has 1 fully saturated rings. The SMILES string of the molecule is CC1CCC(c2cc(C(N)=O)nc3cc(Cn4c(O)ccc4O)ccc23)CC1. The summed E-state index contributed by atoms with van der Waals surface area (Å²) in [6.07, 6.45) is 4.58. The number of aromatic nitrogens is 2. The van der Waals surface area contributed by atoms with Crippen molar-refractivity contribution >= 4 is 16.8 Å². The number of carbonyl (C=O) groups is 1. The number of nitrogens with zero attached hydrogens (tertiary/aromatic N) is 2. The summed E-state index contributed by atoms with van der Waals surface area (Å²) in [6, 6.07) is 10.6. The Hall–Kier alpha value is -3.02. The van der Waals surface area contributed by atoms with E-state index in [0.717, 1.165) is 35.3 Å². The molecule has 3 aromatic rings. The molecule has 0 saturated heterocycles. The standard InChI is InChI=1S/C22H25N3O3/c1-13-2-5-15(6-3-13)17-11-19(22(23)28)24-18-10-14(4-7-16(17)18)12-25-20(26)8-9-21(25)27/h4,7-11,13,15,26-27H,2-3,5-6,12H2,1H3,(H2,23,28). The fourth-order valence-electron chi connectivity index (χ4n) is 4.23. The van der Waals surface area contributed by atoms with Crippen LogP contribution in [0.25, 0.3) is 10.9 Å². The van der Waals surface area contributed by atoms with Gasteiger partial charge in [0.25, 0.3) is 5.91 Å². The van der Waals surface area contributed by atoms with Gasteiger partial charge in [0.15, 0.2) is 11.8 Å². The summed E-state index contributed by atoms with van der Waals surface area (Å²) < 4.78 is 1.41. The molecule has 0 radical (unpaired) electrons. The summed E-state index contributed by atoms with van der Waals surface area (Å²) in [6.45, 7) is 2.59. The van der Waals surface area contributed by atoms with Crippen molar-refractivity contribution in [3.05, 3.63) is 53.2 Å². The van der Waals surface area contributed by atoms with Crippen LogP contribution in [0, 0.1) is 5.92 Å². The molecule has 4 rings (SSSR count). The maximum Gasteiger partial charge on any atom is 0.267 e. The second-order valence-corrected chi connectivity index (χ2v) is 7.91. The van der Waals surface area contributed by atoms with Gasteiger partial charge in [0, 0.05) is 17.5 Å². The van der Waals surface area contributed by atoms with Crippen molar-refractivity contribution in [1.82, 2.24) is 9.55 Å². The van der Waals surface area contributed by atoms with E-state index >= 15 is 0 Å². The first-order valence-corrected chi connectivity index (χ1v) is 9.73. The van der Waals surface area contributed by atoms with E-state index in [1.54, 1.807) is 0 Å². The Kier molecular flexibility index (Phi) is 4.71. The number of fused-ring (bicyclic) bond motifs is 1. The van der Waals surface area contributed by atoms with Gasteiger partial charge in [-0.15, -0.1) is 0 Å². The molecule has 0 spiro atoms. The molecule has 2 heterocycles. The van der Waals surface area contributed by atoms with Gasteiger partial charge in [-0.1, -0.05) is 31.9 Å². The monoisotopic (exact) mass is 379 g/mol. The van der Waals surface area contributed by atoms with Gasteiger partial charge in [0.2, 0.25) is 0 Å². The minimum atomic E-state index is -0.529. The first kappa shape index (κ1) is 18.3. The Morgan fingerprint density at radius 1 is 1.11 bits per heavy atom. The summed E-state index contributed by atoms with van der Waals surface area (Å²) in [7, 11) is 0. The highest BCUT2D eigenvalue weighted by molar-refractivity contribution is 5.95. The number of hydrogen-bond acceptors (Lipinski definition) is 4. The molecular weight excluding hydrogens is 354 g/mol. The van der Waals surface area contributed by atoms with Crippen LogP contribution in [0.15, 0.2) is 36.4 Å². The Bertz CT molecular complexity index is 1010. The van der Waals surface area contributed by atoms with Crippen molar-refractivity contribution in [3.8, 4) is 11.8 Å². The average Bonchev–Trinajstić information content (AvgIpc) is 2.99. The molecule has 146 valence electrons. The first-order valence-electron chi connectivity index (χ1n) is 9.73. The molecule has 0 unspecified atom stereocenters. The molecular formula is C22H25N3O3. The van der Waals surface area contributed by atoms with Crippen LogP contribution in [0.2, 0.25) is 0 Å². The minimum absolute atomic E-state index is 0.00606. The lowest BCUT2D eigenvalue weighted by molar-refractivity contribution is 0.0995. The Balaban J connectivity index is 1.76. The lowest BCUT2D eigenvalue weighted by Gasteiger charge is -2.27. The summed E-state index contributed by atoms with van der Waals surface area (Å²) in [5, 5.41) is 20.8. The number of benzene rings is 1. The topological polar surface area (TPSA) is 101 Å². The maximum absolute atomic E-state index is 11.9. The third-order valence-corrected chi connectivity index (χ3v) is 5.89. The number of carbonyl (C=O) groups excluding carboxylic acids is 1. The summed E-state index contributed by atoms with van der Waals surface area (Å²) in [5.74, 6) is 0.608. The molecule has 0 aliphatic heterocycles. The van der Waals surface area contributed by atoms with Gasteiger partial charge >= 0.3 is 0 Å². The number of primary amides is 1. The van der Waals surface area contributed by atoms with E-state index in [9.17, 15) is 15.0 Å². The quantitative estimate of drug-likeness (QED) is 0.640. The normalized spacial score (nSPS) is 19.8. The average molecular weight is 379 g/mol. The lowest BCUT2D eigenvalue weighted by Crippen LogP contribution is -2.16. The maximum atomic E-state index is 11.9. The number of amides is 1. The van der Waals surface area contributed by atoms with Crippen LogP contribution in [-0.2, 0) is 6.54 Å². The summed E-state index contributed by atoms with van der Waals surface area (Å²) >= 11 is 0. The van der Waals surface area contributed by atoms with E-state index in [4.69, 9.17) is 5.73 Å². The van der Waals surface area contributed by atoms with E-state index in [2.05, 4.69) is 11.9 Å². The van der Waals surface area contributed by atoms with Crippen LogP contribution >= 0.6 is 0 Å². The van der Waals surface area contributed by atoms with Crippen molar-refractivity contribution in [3.63, 3.8) is 0 Å². The fourth-order valence-corrected chi connectivity index (χ4v) is 4.23. The van der Waals surface area contributed by atoms with E-state index < -0.39 is 5.91 Å². The van der Waals surface area contributed by atoms with Crippen molar-refractivity contribution in [2.24, 2.45) is 11.7 Å². The number of nitrogens with two attached hydrogens (primary N) is 1. The predicted molar refractivity (Wildman–Crippen MR) is 107 cm³/mol.